The normalized spacial score (nSPS) is 35.3. The van der Waals surface area contributed by atoms with E-state index in [1.807, 2.05) is 0 Å². The number of carbonyl (C=O) groups excluding carboxylic acids is 3. The van der Waals surface area contributed by atoms with Gasteiger partial charge in [0.05, 0.1) is 6.10 Å². The lowest BCUT2D eigenvalue weighted by molar-refractivity contribution is -0.790. The second kappa shape index (κ2) is 11.8. The molecule has 4 rings (SSSR count). The predicted molar refractivity (Wildman–Crippen MR) is 136 cm³/mol. The number of Topliss-reactive ketones (excluding diaryl/α,β-unsaturated/α-hetero) is 1. The topological polar surface area (TPSA) is 185 Å². The maximum atomic E-state index is 13.3. The molecule has 0 radical (unpaired) electrons. The Morgan fingerprint density at radius 1 is 1.15 bits per heavy atom. The van der Waals surface area contributed by atoms with Crippen LogP contribution in [0.2, 0.25) is 0 Å². The highest BCUT2D eigenvalue weighted by Crippen LogP contribution is 2.66. The monoisotopic (exact) mass is 566 g/mol. The van der Waals surface area contributed by atoms with Gasteiger partial charge in [-0.2, -0.15) is 0 Å². The second-order valence-electron chi connectivity index (χ2n) is 12.3. The van der Waals surface area contributed by atoms with E-state index in [0.29, 0.717) is 19.3 Å². The van der Waals surface area contributed by atoms with E-state index < -0.39 is 40.4 Å². The second-order valence-corrected chi connectivity index (χ2v) is 12.3. The van der Waals surface area contributed by atoms with Crippen LogP contribution in [-0.4, -0.2) is 58.2 Å². The van der Waals surface area contributed by atoms with Crippen LogP contribution in [0.25, 0.3) is 0 Å². The summed E-state index contributed by atoms with van der Waals surface area (Å²) >= 11 is 0. The van der Waals surface area contributed by atoms with Crippen molar-refractivity contribution in [3.8, 4) is 0 Å². The first-order chi connectivity index (χ1) is 18.8. The van der Waals surface area contributed by atoms with Crippen LogP contribution in [0.15, 0.2) is 11.6 Å². The van der Waals surface area contributed by atoms with Gasteiger partial charge in [0.1, 0.15) is 19.3 Å². The molecule has 40 heavy (non-hydrogen) atoms. The minimum atomic E-state index is -1.21. The van der Waals surface area contributed by atoms with Gasteiger partial charge in [0.15, 0.2) is 11.6 Å². The van der Waals surface area contributed by atoms with Crippen molar-refractivity contribution in [2.24, 2.45) is 34.5 Å². The molecule has 0 saturated heterocycles. The molecule has 0 bridgehead atoms. The summed E-state index contributed by atoms with van der Waals surface area (Å²) in [5, 5.41) is 30.2. The van der Waals surface area contributed by atoms with Crippen LogP contribution >= 0.6 is 0 Å². The average molecular weight is 567 g/mol. The number of esters is 1. The molecule has 0 spiro atoms. The smallest absolute Gasteiger partial charge is 0.306 e. The molecule has 13 nitrogen and oxygen atoms in total. The Hall–Kier alpha value is -3.09. The zero-order valence-electron chi connectivity index (χ0n) is 23.0. The maximum absolute atomic E-state index is 13.3. The molecule has 4 aliphatic carbocycles. The van der Waals surface area contributed by atoms with Crippen molar-refractivity contribution >= 4 is 17.5 Å². The average Bonchev–Trinajstić information content (AvgIpc) is 3.22. The fraction of sp³-hybridized carbons (Fsp3) is 0.815. The molecule has 8 unspecified atom stereocenters. The van der Waals surface area contributed by atoms with Crippen LogP contribution < -0.4 is 0 Å². The third kappa shape index (κ3) is 5.98. The molecule has 13 heteroatoms. The summed E-state index contributed by atoms with van der Waals surface area (Å²) in [6, 6.07) is 0. The Kier molecular flexibility index (Phi) is 8.81. The van der Waals surface area contributed by atoms with Crippen molar-refractivity contribution in [3.63, 3.8) is 0 Å². The highest BCUT2D eigenvalue weighted by Gasteiger charge is 2.62. The molecule has 222 valence electrons. The maximum Gasteiger partial charge on any atom is 0.306 e. The molecule has 3 saturated carbocycles. The molecule has 4 aliphatic rings. The zero-order chi connectivity index (χ0) is 29.2. The molecule has 1 N–H and O–H groups in total. The van der Waals surface area contributed by atoms with Gasteiger partial charge in [-0.15, -0.1) is 20.2 Å². The summed E-state index contributed by atoms with van der Waals surface area (Å²) in [6.45, 7) is 3.23. The SMILES string of the molecule is CC12CCC(=O)C=C1CCC1C2C(O)CC2(C)C(C(=O)COC(=O)CCCC(CO[N+](=O)[O-])O[N+](=O)[O-])CCC12. The minimum Gasteiger partial charge on any atom is -0.458 e. The lowest BCUT2D eigenvalue weighted by Crippen LogP contribution is -2.57. The Labute approximate surface area is 231 Å². The summed E-state index contributed by atoms with van der Waals surface area (Å²) in [5.74, 6) is -0.419. The first kappa shape index (κ1) is 29.9. The van der Waals surface area contributed by atoms with Gasteiger partial charge in [0.25, 0.3) is 10.2 Å². The third-order valence-electron chi connectivity index (χ3n) is 10.2. The summed E-state index contributed by atoms with van der Waals surface area (Å²) in [7, 11) is 0. The molecule has 0 aromatic rings. The van der Waals surface area contributed by atoms with Crippen LogP contribution in [0, 0.1) is 54.7 Å². The molecule has 0 aromatic carbocycles. The van der Waals surface area contributed by atoms with Crippen molar-refractivity contribution in [2.45, 2.75) is 90.3 Å². The van der Waals surface area contributed by atoms with Gasteiger partial charge in [-0.25, -0.2) is 0 Å². The van der Waals surface area contributed by atoms with E-state index >= 15 is 0 Å². The van der Waals surface area contributed by atoms with Crippen molar-refractivity contribution in [3.05, 3.63) is 31.9 Å². The highest BCUT2D eigenvalue weighted by atomic mass is 17.0. The van der Waals surface area contributed by atoms with E-state index in [2.05, 4.69) is 23.5 Å². The number of hydrogen-bond donors (Lipinski definition) is 1. The zero-order valence-corrected chi connectivity index (χ0v) is 23.0. The first-order valence-electron chi connectivity index (χ1n) is 14.0. The molecular weight excluding hydrogens is 528 g/mol. The van der Waals surface area contributed by atoms with Crippen molar-refractivity contribution in [2.75, 3.05) is 13.2 Å². The van der Waals surface area contributed by atoms with Gasteiger partial charge in [-0.3, -0.25) is 14.4 Å². The van der Waals surface area contributed by atoms with Gasteiger partial charge in [-0.1, -0.05) is 19.4 Å². The van der Waals surface area contributed by atoms with Crippen LogP contribution in [-0.2, 0) is 28.8 Å². The largest absolute Gasteiger partial charge is 0.458 e. The van der Waals surface area contributed by atoms with Gasteiger partial charge >= 0.3 is 5.97 Å². The van der Waals surface area contributed by atoms with Crippen LogP contribution in [0.1, 0.15) is 78.1 Å². The first-order valence-corrected chi connectivity index (χ1v) is 14.0. The molecule has 0 amide bonds. The summed E-state index contributed by atoms with van der Waals surface area (Å²) < 4.78 is 5.23. The number of carbonyl (C=O) groups is 3. The van der Waals surface area contributed by atoms with E-state index in [0.717, 1.165) is 31.3 Å². The molecular formula is C27H38N2O11. The number of ether oxygens (including phenoxy) is 1. The van der Waals surface area contributed by atoms with Gasteiger partial charge in [-0.05, 0) is 86.0 Å². The number of nitrogens with zero attached hydrogens (tertiary/aromatic N) is 2. The summed E-state index contributed by atoms with van der Waals surface area (Å²) in [5.41, 5.74) is 0.553. The van der Waals surface area contributed by atoms with Gasteiger partial charge < -0.3 is 19.5 Å². The Bertz CT molecular complexity index is 1080. The number of rotatable bonds is 12. The van der Waals surface area contributed by atoms with Gasteiger partial charge in [0, 0.05) is 18.8 Å². The van der Waals surface area contributed by atoms with Gasteiger partial charge in [0.2, 0.25) is 0 Å². The van der Waals surface area contributed by atoms with Crippen LogP contribution in [0.4, 0.5) is 0 Å². The summed E-state index contributed by atoms with van der Waals surface area (Å²) in [4.78, 5) is 67.0. The lowest BCUT2D eigenvalue weighted by atomic mass is 9.46. The number of ketones is 2. The van der Waals surface area contributed by atoms with Crippen molar-refractivity contribution < 1.29 is 44.1 Å². The van der Waals surface area contributed by atoms with E-state index in [1.165, 1.54) is 0 Å². The van der Waals surface area contributed by atoms with Crippen molar-refractivity contribution in [1.82, 2.24) is 0 Å². The molecule has 0 heterocycles. The fourth-order valence-corrected chi connectivity index (χ4v) is 8.45. The lowest BCUT2D eigenvalue weighted by Gasteiger charge is -2.59. The molecule has 0 aliphatic heterocycles. The third-order valence-corrected chi connectivity index (χ3v) is 10.2. The Morgan fingerprint density at radius 2 is 1.90 bits per heavy atom. The standard InChI is InChI=1S/C27H38N2O11/c1-26-11-10-17(30)12-16(26)6-7-19-20-8-9-21(27(20,2)13-22(31)25(19)26)23(32)15-38-24(33)5-3-4-18(40-29(36)37)14-39-28(34)35/h12,18-22,25,31H,3-11,13-15H2,1-2H3. The van der Waals surface area contributed by atoms with E-state index in [-0.39, 0.29) is 66.5 Å². The van der Waals surface area contributed by atoms with Crippen LogP contribution in [0.3, 0.4) is 0 Å². The number of aliphatic hydroxyl groups is 1. The fourth-order valence-electron chi connectivity index (χ4n) is 8.45. The van der Waals surface area contributed by atoms with E-state index in [4.69, 9.17) is 4.74 Å². The highest BCUT2D eigenvalue weighted by molar-refractivity contribution is 5.91. The Balaban J connectivity index is 1.31. The van der Waals surface area contributed by atoms with Crippen LogP contribution in [0.5, 0.6) is 0 Å². The molecule has 3 fully saturated rings. The minimum absolute atomic E-state index is 0.0509. The number of hydrogen-bond acceptors (Lipinski definition) is 11. The Morgan fingerprint density at radius 3 is 2.60 bits per heavy atom. The number of allylic oxidation sites excluding steroid dienone is 1. The van der Waals surface area contributed by atoms with E-state index in [1.54, 1.807) is 6.08 Å². The summed E-state index contributed by atoms with van der Waals surface area (Å²) in [6.07, 6.45) is 4.89. The number of aliphatic hydroxyl groups excluding tert-OH is 1. The number of fused-ring (bicyclic) bond motifs is 5. The quantitative estimate of drug-likeness (QED) is 0.208. The predicted octanol–water partition coefficient (Wildman–Crippen LogP) is 3.17. The van der Waals surface area contributed by atoms with E-state index in [9.17, 15) is 39.7 Å². The van der Waals surface area contributed by atoms with Crippen molar-refractivity contribution in [1.29, 1.82) is 0 Å². The molecule has 0 aromatic heterocycles. The molecule has 8 atom stereocenters.